The fraction of sp³-hybridized carbons (Fsp3) is 0.615. The lowest BCUT2D eigenvalue weighted by molar-refractivity contribution is -0.127. The van der Waals surface area contributed by atoms with Crippen LogP contribution in [0.15, 0.2) is 6.07 Å². The molecule has 0 aliphatic carbocycles. The van der Waals surface area contributed by atoms with E-state index in [4.69, 9.17) is 11.6 Å². The Kier molecular flexibility index (Phi) is 4.37. The summed E-state index contributed by atoms with van der Waals surface area (Å²) < 4.78 is 0. The van der Waals surface area contributed by atoms with Gasteiger partial charge in [-0.05, 0) is 45.3 Å². The van der Waals surface area contributed by atoms with Crippen LogP contribution in [0.1, 0.15) is 31.9 Å². The SMILES string of the molecule is CCC1(C(=O)Nc2nc(C)cc(Cl)n2)CCNCC1. The molecular weight excluding hydrogens is 264 g/mol. The maximum Gasteiger partial charge on any atom is 0.233 e. The van der Waals surface area contributed by atoms with E-state index in [1.54, 1.807) is 6.07 Å². The first-order chi connectivity index (χ1) is 9.05. The molecule has 2 heterocycles. The van der Waals surface area contributed by atoms with Crippen LogP contribution < -0.4 is 10.6 Å². The van der Waals surface area contributed by atoms with E-state index in [0.717, 1.165) is 38.0 Å². The summed E-state index contributed by atoms with van der Waals surface area (Å²) in [5.41, 5.74) is 0.427. The molecule has 0 unspecified atom stereocenters. The monoisotopic (exact) mass is 282 g/mol. The van der Waals surface area contributed by atoms with Gasteiger partial charge in [0.25, 0.3) is 0 Å². The van der Waals surface area contributed by atoms with Gasteiger partial charge in [-0.25, -0.2) is 9.97 Å². The highest BCUT2D eigenvalue weighted by molar-refractivity contribution is 6.29. The Hall–Kier alpha value is -1.20. The number of nitrogens with zero attached hydrogens (tertiary/aromatic N) is 2. The molecule has 19 heavy (non-hydrogen) atoms. The Labute approximate surface area is 118 Å². The quantitative estimate of drug-likeness (QED) is 0.834. The highest BCUT2D eigenvalue weighted by Crippen LogP contribution is 2.33. The second-order valence-corrected chi connectivity index (χ2v) is 5.38. The molecule has 0 spiro atoms. The predicted molar refractivity (Wildman–Crippen MR) is 75.2 cm³/mol. The topological polar surface area (TPSA) is 66.9 Å². The standard InChI is InChI=1S/C13H19ClN4O/c1-3-13(4-6-15-7-5-13)11(19)18-12-16-9(2)8-10(14)17-12/h8,15H,3-7H2,1-2H3,(H,16,17,18,19). The van der Waals surface area contributed by atoms with E-state index in [1.807, 2.05) is 6.92 Å². The first-order valence-electron chi connectivity index (χ1n) is 6.59. The van der Waals surface area contributed by atoms with E-state index in [2.05, 4.69) is 27.5 Å². The number of aryl methyl sites for hydroxylation is 1. The molecule has 1 saturated heterocycles. The fourth-order valence-electron chi connectivity index (χ4n) is 2.47. The summed E-state index contributed by atoms with van der Waals surface area (Å²) in [5, 5.41) is 6.44. The van der Waals surface area contributed by atoms with Gasteiger partial charge >= 0.3 is 0 Å². The van der Waals surface area contributed by atoms with Crippen LogP contribution in [0.4, 0.5) is 5.95 Å². The van der Waals surface area contributed by atoms with Crippen LogP contribution in [0, 0.1) is 12.3 Å². The number of nitrogens with one attached hydrogen (secondary N) is 2. The first kappa shape index (κ1) is 14.2. The van der Waals surface area contributed by atoms with E-state index in [-0.39, 0.29) is 11.3 Å². The Morgan fingerprint density at radius 1 is 1.47 bits per heavy atom. The van der Waals surface area contributed by atoms with E-state index >= 15 is 0 Å². The number of hydrogen-bond donors (Lipinski definition) is 2. The van der Waals surface area contributed by atoms with Crippen LogP contribution >= 0.6 is 11.6 Å². The molecule has 0 atom stereocenters. The molecule has 1 fully saturated rings. The summed E-state index contributed by atoms with van der Waals surface area (Å²) >= 11 is 5.88. The minimum absolute atomic E-state index is 0.00170. The molecule has 2 rings (SSSR count). The molecule has 0 aromatic carbocycles. The van der Waals surface area contributed by atoms with Crippen molar-refractivity contribution in [2.24, 2.45) is 5.41 Å². The van der Waals surface area contributed by atoms with Gasteiger partial charge in [0, 0.05) is 5.69 Å². The molecule has 5 nitrogen and oxygen atoms in total. The molecule has 6 heteroatoms. The molecule has 1 amide bonds. The maximum absolute atomic E-state index is 12.5. The smallest absolute Gasteiger partial charge is 0.233 e. The number of halogens is 1. The van der Waals surface area contributed by atoms with Crippen molar-refractivity contribution in [3.8, 4) is 0 Å². The normalized spacial score (nSPS) is 18.1. The zero-order chi connectivity index (χ0) is 13.9. The zero-order valence-electron chi connectivity index (χ0n) is 11.3. The summed E-state index contributed by atoms with van der Waals surface area (Å²) in [5.74, 6) is 0.291. The van der Waals surface area contributed by atoms with Gasteiger partial charge in [0.2, 0.25) is 11.9 Å². The van der Waals surface area contributed by atoms with Gasteiger partial charge < -0.3 is 5.32 Å². The molecule has 1 aliphatic heterocycles. The summed E-state index contributed by atoms with van der Waals surface area (Å²) in [7, 11) is 0. The van der Waals surface area contributed by atoms with Gasteiger partial charge in [0.15, 0.2) is 0 Å². The molecule has 0 bridgehead atoms. The van der Waals surface area contributed by atoms with Crippen LogP contribution in [-0.2, 0) is 4.79 Å². The lowest BCUT2D eigenvalue weighted by atomic mass is 9.76. The summed E-state index contributed by atoms with van der Waals surface area (Å²) in [6, 6.07) is 1.66. The predicted octanol–water partition coefficient (Wildman–Crippen LogP) is 2.16. The number of amides is 1. The highest BCUT2D eigenvalue weighted by atomic mass is 35.5. The molecule has 0 saturated carbocycles. The first-order valence-corrected chi connectivity index (χ1v) is 6.97. The Morgan fingerprint density at radius 2 is 2.16 bits per heavy atom. The molecular formula is C13H19ClN4O. The van der Waals surface area contributed by atoms with E-state index in [1.165, 1.54) is 0 Å². The summed E-state index contributed by atoms with van der Waals surface area (Å²) in [6.45, 7) is 5.62. The van der Waals surface area contributed by atoms with Gasteiger partial charge in [0.05, 0.1) is 5.41 Å². The third-order valence-electron chi connectivity index (χ3n) is 3.77. The molecule has 1 aromatic rings. The van der Waals surface area contributed by atoms with Crippen LogP contribution in [0.5, 0.6) is 0 Å². The Morgan fingerprint density at radius 3 is 2.74 bits per heavy atom. The van der Waals surface area contributed by atoms with Gasteiger partial charge in [-0.15, -0.1) is 0 Å². The van der Waals surface area contributed by atoms with Crippen LogP contribution in [0.2, 0.25) is 5.15 Å². The van der Waals surface area contributed by atoms with Crippen molar-refractivity contribution in [1.82, 2.24) is 15.3 Å². The van der Waals surface area contributed by atoms with Gasteiger partial charge in [-0.3, -0.25) is 10.1 Å². The lowest BCUT2D eigenvalue weighted by Gasteiger charge is -2.35. The summed E-state index contributed by atoms with van der Waals surface area (Å²) in [6.07, 6.45) is 2.50. The number of carbonyl (C=O) groups excluding carboxylic acids is 1. The average molecular weight is 283 g/mol. The number of carbonyl (C=O) groups is 1. The van der Waals surface area contributed by atoms with Crippen LogP contribution in [-0.4, -0.2) is 29.0 Å². The molecule has 1 aliphatic rings. The van der Waals surface area contributed by atoms with Crippen molar-refractivity contribution in [2.75, 3.05) is 18.4 Å². The fourth-order valence-corrected chi connectivity index (χ4v) is 2.70. The Bertz CT molecular complexity index is 451. The minimum atomic E-state index is -0.315. The molecule has 0 radical (unpaired) electrons. The minimum Gasteiger partial charge on any atom is -0.317 e. The van der Waals surface area contributed by atoms with Crippen molar-refractivity contribution in [3.05, 3.63) is 16.9 Å². The van der Waals surface area contributed by atoms with Gasteiger partial charge in [0.1, 0.15) is 5.15 Å². The number of hydrogen-bond acceptors (Lipinski definition) is 4. The second kappa shape index (κ2) is 5.84. The summed E-state index contributed by atoms with van der Waals surface area (Å²) in [4.78, 5) is 20.7. The van der Waals surface area contributed by atoms with Crippen molar-refractivity contribution in [2.45, 2.75) is 33.1 Å². The van der Waals surface area contributed by atoms with Crippen molar-refractivity contribution in [1.29, 1.82) is 0 Å². The highest BCUT2D eigenvalue weighted by Gasteiger charge is 2.38. The second-order valence-electron chi connectivity index (χ2n) is 4.99. The van der Waals surface area contributed by atoms with Crippen molar-refractivity contribution < 1.29 is 4.79 Å². The average Bonchev–Trinajstić information content (AvgIpc) is 2.38. The van der Waals surface area contributed by atoms with E-state index < -0.39 is 0 Å². The number of piperidine rings is 1. The van der Waals surface area contributed by atoms with E-state index in [9.17, 15) is 4.79 Å². The third kappa shape index (κ3) is 3.22. The zero-order valence-corrected chi connectivity index (χ0v) is 12.0. The number of aromatic nitrogens is 2. The van der Waals surface area contributed by atoms with Crippen molar-refractivity contribution in [3.63, 3.8) is 0 Å². The molecule has 2 N–H and O–H groups in total. The van der Waals surface area contributed by atoms with E-state index in [0.29, 0.717) is 11.1 Å². The maximum atomic E-state index is 12.5. The lowest BCUT2D eigenvalue weighted by Crippen LogP contribution is -2.44. The van der Waals surface area contributed by atoms with Crippen LogP contribution in [0.3, 0.4) is 0 Å². The largest absolute Gasteiger partial charge is 0.317 e. The number of rotatable bonds is 3. The Balaban J connectivity index is 2.14. The van der Waals surface area contributed by atoms with Crippen molar-refractivity contribution >= 4 is 23.5 Å². The molecule has 1 aromatic heterocycles. The van der Waals surface area contributed by atoms with Gasteiger partial charge in [-0.2, -0.15) is 0 Å². The van der Waals surface area contributed by atoms with Gasteiger partial charge in [-0.1, -0.05) is 18.5 Å². The number of anilines is 1. The molecule has 104 valence electrons. The van der Waals surface area contributed by atoms with Crippen LogP contribution in [0.25, 0.3) is 0 Å². The third-order valence-corrected chi connectivity index (χ3v) is 3.96.